The Morgan fingerprint density at radius 1 is 0.660 bits per heavy atom. The van der Waals surface area contributed by atoms with Gasteiger partial charge in [0.05, 0.1) is 30.9 Å². The van der Waals surface area contributed by atoms with Crippen LogP contribution in [0.5, 0.6) is 11.5 Å². The highest BCUT2D eigenvalue weighted by Gasteiger charge is 2.18. The molecule has 7 heteroatoms. The quantitative estimate of drug-likeness (QED) is 0.0380. The van der Waals surface area contributed by atoms with Crippen molar-refractivity contribution in [1.82, 2.24) is 0 Å². The van der Waals surface area contributed by atoms with Crippen molar-refractivity contribution in [2.24, 2.45) is 5.92 Å². The number of hydrogen-bond acceptors (Lipinski definition) is 7. The van der Waals surface area contributed by atoms with Crippen LogP contribution in [0, 0.1) is 5.92 Å². The molecule has 0 saturated heterocycles. The number of hydrogen-bond donors (Lipinski definition) is 0. The van der Waals surface area contributed by atoms with Crippen LogP contribution in [0.1, 0.15) is 124 Å². The van der Waals surface area contributed by atoms with Crippen LogP contribution in [0.2, 0.25) is 0 Å². The van der Waals surface area contributed by atoms with Crippen molar-refractivity contribution in [3.8, 4) is 22.6 Å². The molecule has 0 fully saturated rings. The van der Waals surface area contributed by atoms with E-state index in [1.54, 1.807) is 42.5 Å². The summed E-state index contributed by atoms with van der Waals surface area (Å²) in [6.45, 7) is 8.96. The molecule has 0 heterocycles. The van der Waals surface area contributed by atoms with E-state index in [-0.39, 0.29) is 11.9 Å². The lowest BCUT2D eigenvalue weighted by Gasteiger charge is -2.14. The third-order valence-electron chi connectivity index (χ3n) is 8.76. The van der Waals surface area contributed by atoms with Gasteiger partial charge in [-0.1, -0.05) is 128 Å². The third kappa shape index (κ3) is 15.4. The molecular weight excluding hydrogens is 628 g/mol. The number of carbonyl (C=O) groups excluding carboxylic acids is 3. The maximum Gasteiger partial charge on any atom is 0.343 e. The molecule has 0 aromatic heterocycles. The molecule has 1 unspecified atom stereocenters. The molecule has 1 atom stereocenters. The second kappa shape index (κ2) is 23.9. The highest BCUT2D eigenvalue weighted by atomic mass is 16.5. The molecule has 0 spiro atoms. The Bertz CT molecular complexity index is 1430. The normalized spacial score (nSPS) is 11.4. The third-order valence-corrected chi connectivity index (χ3v) is 8.76. The maximum atomic E-state index is 13.2. The topological polar surface area (TPSA) is 88.1 Å². The second-order valence-corrected chi connectivity index (χ2v) is 12.9. The number of benzene rings is 3. The second-order valence-electron chi connectivity index (χ2n) is 12.9. The van der Waals surface area contributed by atoms with Crippen LogP contribution in [-0.4, -0.2) is 37.7 Å². The molecule has 0 bridgehead atoms. The lowest BCUT2D eigenvalue weighted by Crippen LogP contribution is -2.13. The minimum Gasteiger partial charge on any atom is -0.494 e. The summed E-state index contributed by atoms with van der Waals surface area (Å²) in [6.07, 6.45) is 17.7. The van der Waals surface area contributed by atoms with E-state index in [2.05, 4.69) is 13.5 Å². The van der Waals surface area contributed by atoms with Crippen molar-refractivity contribution >= 4 is 17.9 Å². The molecule has 3 aromatic rings. The van der Waals surface area contributed by atoms with Crippen LogP contribution in [0.3, 0.4) is 0 Å². The van der Waals surface area contributed by atoms with Crippen LogP contribution >= 0.6 is 0 Å². The van der Waals surface area contributed by atoms with Gasteiger partial charge in [-0.3, -0.25) is 0 Å². The molecule has 270 valence electrons. The van der Waals surface area contributed by atoms with Gasteiger partial charge in [0.15, 0.2) is 0 Å². The smallest absolute Gasteiger partial charge is 0.343 e. The lowest BCUT2D eigenvalue weighted by molar-refractivity contribution is -0.137. The first kappa shape index (κ1) is 40.0. The molecule has 0 radical (unpaired) electrons. The number of ether oxygens (including phenoxy) is 4. The van der Waals surface area contributed by atoms with Crippen molar-refractivity contribution in [1.29, 1.82) is 0 Å². The van der Waals surface area contributed by atoms with Gasteiger partial charge < -0.3 is 18.9 Å². The van der Waals surface area contributed by atoms with E-state index in [0.717, 1.165) is 37.7 Å². The molecule has 0 N–H and O–H groups in total. The van der Waals surface area contributed by atoms with Crippen LogP contribution in [0.4, 0.5) is 0 Å². The average Bonchev–Trinajstić information content (AvgIpc) is 3.15. The fraction of sp³-hybridized carbons (Fsp3) is 0.465. The summed E-state index contributed by atoms with van der Waals surface area (Å²) in [5.41, 5.74) is 2.31. The van der Waals surface area contributed by atoms with Gasteiger partial charge in [0.1, 0.15) is 11.5 Å². The Balaban J connectivity index is 1.32. The van der Waals surface area contributed by atoms with Crippen molar-refractivity contribution < 1.29 is 33.3 Å². The van der Waals surface area contributed by atoms with E-state index in [9.17, 15) is 14.4 Å². The van der Waals surface area contributed by atoms with Crippen molar-refractivity contribution in [2.75, 3.05) is 19.8 Å². The van der Waals surface area contributed by atoms with Crippen LogP contribution in [0.15, 0.2) is 85.5 Å². The average molecular weight is 685 g/mol. The predicted octanol–water partition coefficient (Wildman–Crippen LogP) is 11.0. The molecule has 0 aliphatic carbocycles. The standard InChI is InChI=1S/C43H56O7/c1-4-34(3)33-49-42(45)37-26-29-39(35-22-18-17-19-23-35)40(32-37)50-43(46)36-24-27-38(28-25-36)47-30-20-15-13-11-9-7-6-8-10-12-14-16-21-31-48-41(44)5-2/h5,17-19,22-29,32,34H,2,4,6-16,20-21,30-31,33H2,1,3H3. The van der Waals surface area contributed by atoms with E-state index in [0.29, 0.717) is 48.0 Å². The van der Waals surface area contributed by atoms with Gasteiger partial charge in [-0.25, -0.2) is 14.4 Å². The fourth-order valence-electron chi connectivity index (χ4n) is 5.43. The summed E-state index contributed by atoms with van der Waals surface area (Å²) < 4.78 is 22.3. The first-order chi connectivity index (χ1) is 24.4. The van der Waals surface area contributed by atoms with Crippen LogP contribution in [-0.2, 0) is 14.3 Å². The zero-order chi connectivity index (χ0) is 35.8. The Hall–Kier alpha value is -4.39. The Labute approximate surface area is 299 Å². The van der Waals surface area contributed by atoms with Gasteiger partial charge in [-0.2, -0.15) is 0 Å². The molecule has 0 saturated carbocycles. The molecule has 0 amide bonds. The van der Waals surface area contributed by atoms with Gasteiger partial charge in [-0.05, 0) is 66.8 Å². The first-order valence-electron chi connectivity index (χ1n) is 18.5. The monoisotopic (exact) mass is 684 g/mol. The molecule has 0 aliphatic heterocycles. The number of rotatable bonds is 25. The molecular formula is C43H56O7. The molecule has 3 rings (SSSR count). The fourth-order valence-corrected chi connectivity index (χ4v) is 5.43. The number of unbranched alkanes of at least 4 members (excludes halogenated alkanes) is 12. The summed E-state index contributed by atoms with van der Waals surface area (Å²) in [7, 11) is 0. The summed E-state index contributed by atoms with van der Waals surface area (Å²) in [4.78, 5) is 36.9. The van der Waals surface area contributed by atoms with E-state index < -0.39 is 11.9 Å². The van der Waals surface area contributed by atoms with Gasteiger partial charge in [-0.15, -0.1) is 0 Å². The van der Waals surface area contributed by atoms with Gasteiger partial charge in [0.25, 0.3) is 0 Å². The zero-order valence-corrected chi connectivity index (χ0v) is 30.2. The minimum atomic E-state index is -0.514. The number of carbonyl (C=O) groups is 3. The van der Waals surface area contributed by atoms with E-state index >= 15 is 0 Å². The highest BCUT2D eigenvalue weighted by molar-refractivity contribution is 5.94. The van der Waals surface area contributed by atoms with E-state index in [1.165, 1.54) is 63.9 Å². The van der Waals surface area contributed by atoms with Crippen molar-refractivity contribution in [3.05, 3.63) is 96.6 Å². The van der Waals surface area contributed by atoms with E-state index in [4.69, 9.17) is 18.9 Å². The van der Waals surface area contributed by atoms with Crippen molar-refractivity contribution in [3.63, 3.8) is 0 Å². The molecule has 50 heavy (non-hydrogen) atoms. The summed E-state index contributed by atoms with van der Waals surface area (Å²) in [5, 5.41) is 0. The Kier molecular flexibility index (Phi) is 19.1. The Morgan fingerprint density at radius 3 is 1.80 bits per heavy atom. The van der Waals surface area contributed by atoms with Crippen molar-refractivity contribution in [2.45, 2.75) is 104 Å². The van der Waals surface area contributed by atoms with Gasteiger partial charge >= 0.3 is 17.9 Å². The summed E-state index contributed by atoms with van der Waals surface area (Å²) >= 11 is 0. The molecule has 3 aromatic carbocycles. The zero-order valence-electron chi connectivity index (χ0n) is 30.2. The Morgan fingerprint density at radius 2 is 1.22 bits per heavy atom. The number of esters is 3. The SMILES string of the molecule is C=CC(=O)OCCCCCCCCCCCCCCCOc1ccc(C(=O)Oc2cc(C(=O)OCC(C)CC)ccc2-c2ccccc2)cc1. The van der Waals surface area contributed by atoms with Crippen LogP contribution < -0.4 is 9.47 Å². The summed E-state index contributed by atoms with van der Waals surface area (Å²) in [6, 6.07) is 21.7. The maximum absolute atomic E-state index is 13.2. The largest absolute Gasteiger partial charge is 0.494 e. The van der Waals surface area contributed by atoms with E-state index in [1.807, 2.05) is 37.3 Å². The highest BCUT2D eigenvalue weighted by Crippen LogP contribution is 2.32. The molecule has 7 nitrogen and oxygen atoms in total. The lowest BCUT2D eigenvalue weighted by atomic mass is 10.0. The van der Waals surface area contributed by atoms with Crippen LogP contribution in [0.25, 0.3) is 11.1 Å². The van der Waals surface area contributed by atoms with Gasteiger partial charge in [0.2, 0.25) is 0 Å². The minimum absolute atomic E-state index is 0.264. The predicted molar refractivity (Wildman–Crippen MR) is 200 cm³/mol. The first-order valence-corrected chi connectivity index (χ1v) is 18.5. The van der Waals surface area contributed by atoms with Gasteiger partial charge in [0, 0.05) is 11.6 Å². The summed E-state index contributed by atoms with van der Waals surface area (Å²) in [5.74, 6) is -0.0105. The molecule has 0 aliphatic rings.